The summed E-state index contributed by atoms with van der Waals surface area (Å²) in [6.07, 6.45) is 6.37. The summed E-state index contributed by atoms with van der Waals surface area (Å²) in [5.74, 6) is -0.949. The van der Waals surface area contributed by atoms with Crippen LogP contribution in [0.1, 0.15) is 19.8 Å². The minimum absolute atomic E-state index is 0.317. The maximum absolute atomic E-state index is 12.0. The largest absolute Gasteiger partial charge is 0.480 e. The minimum atomic E-state index is -1.08. The second-order valence-corrected chi connectivity index (χ2v) is 4.87. The van der Waals surface area contributed by atoms with Gasteiger partial charge in [0, 0.05) is 32.0 Å². The molecule has 2 N–H and O–H groups in total. The molecule has 1 aliphatic rings. The van der Waals surface area contributed by atoms with Crippen LogP contribution in [0.4, 0.5) is 4.79 Å². The van der Waals surface area contributed by atoms with E-state index in [0.29, 0.717) is 26.1 Å². The number of hydrogen-bond donors (Lipinski definition) is 2. The molecule has 0 radical (unpaired) electrons. The zero-order chi connectivity index (χ0) is 13.9. The molecular formula is C12H18N4O3. The SMILES string of the molecule is CC1(C(=O)O)CCCN1C(=O)NCCn1ccnc1. The number of rotatable bonds is 4. The van der Waals surface area contributed by atoms with Gasteiger partial charge in [-0.3, -0.25) is 0 Å². The quantitative estimate of drug-likeness (QED) is 0.832. The summed E-state index contributed by atoms with van der Waals surface area (Å²) in [4.78, 5) is 28.6. The highest BCUT2D eigenvalue weighted by molar-refractivity contribution is 5.86. The van der Waals surface area contributed by atoms with Crippen molar-refractivity contribution in [2.24, 2.45) is 0 Å². The third-order valence-electron chi connectivity index (χ3n) is 3.55. The second kappa shape index (κ2) is 5.29. The van der Waals surface area contributed by atoms with Gasteiger partial charge >= 0.3 is 12.0 Å². The van der Waals surface area contributed by atoms with Crippen molar-refractivity contribution < 1.29 is 14.7 Å². The molecule has 19 heavy (non-hydrogen) atoms. The summed E-state index contributed by atoms with van der Waals surface area (Å²) < 4.78 is 1.85. The number of hydrogen-bond acceptors (Lipinski definition) is 3. The Morgan fingerprint density at radius 2 is 2.32 bits per heavy atom. The molecule has 1 saturated heterocycles. The van der Waals surface area contributed by atoms with Crippen LogP contribution >= 0.6 is 0 Å². The lowest BCUT2D eigenvalue weighted by Gasteiger charge is -2.31. The monoisotopic (exact) mass is 266 g/mol. The Morgan fingerprint density at radius 3 is 2.95 bits per heavy atom. The van der Waals surface area contributed by atoms with Crippen LogP contribution in [0.25, 0.3) is 0 Å². The molecule has 104 valence electrons. The lowest BCUT2D eigenvalue weighted by atomic mass is 10.00. The zero-order valence-electron chi connectivity index (χ0n) is 10.9. The molecule has 0 saturated carbocycles. The van der Waals surface area contributed by atoms with Gasteiger partial charge in [-0.1, -0.05) is 0 Å². The lowest BCUT2D eigenvalue weighted by Crippen LogP contribution is -2.54. The van der Waals surface area contributed by atoms with Crippen molar-refractivity contribution in [3.8, 4) is 0 Å². The summed E-state index contributed by atoms with van der Waals surface area (Å²) in [6.45, 7) is 3.14. The van der Waals surface area contributed by atoms with E-state index < -0.39 is 11.5 Å². The van der Waals surface area contributed by atoms with Gasteiger partial charge in [0.05, 0.1) is 6.33 Å². The average Bonchev–Trinajstić information content (AvgIpc) is 2.99. The summed E-state index contributed by atoms with van der Waals surface area (Å²) in [5, 5.41) is 12.0. The highest BCUT2D eigenvalue weighted by atomic mass is 16.4. The van der Waals surface area contributed by atoms with E-state index in [2.05, 4.69) is 10.3 Å². The van der Waals surface area contributed by atoms with Gasteiger partial charge in [0.25, 0.3) is 0 Å². The van der Waals surface area contributed by atoms with Gasteiger partial charge in [0.2, 0.25) is 0 Å². The Balaban J connectivity index is 1.87. The van der Waals surface area contributed by atoms with Crippen LogP contribution in [0.2, 0.25) is 0 Å². The van der Waals surface area contributed by atoms with Gasteiger partial charge in [0.15, 0.2) is 0 Å². The number of likely N-dealkylation sites (tertiary alicyclic amines) is 1. The van der Waals surface area contributed by atoms with Gasteiger partial charge in [-0.05, 0) is 19.8 Å². The fourth-order valence-corrected chi connectivity index (χ4v) is 2.32. The highest BCUT2D eigenvalue weighted by Crippen LogP contribution is 2.28. The molecule has 0 spiro atoms. The van der Waals surface area contributed by atoms with E-state index in [-0.39, 0.29) is 6.03 Å². The Kier molecular flexibility index (Phi) is 3.73. The zero-order valence-corrected chi connectivity index (χ0v) is 10.9. The number of imidazole rings is 1. The summed E-state index contributed by atoms with van der Waals surface area (Å²) in [7, 11) is 0. The Labute approximate surface area is 111 Å². The van der Waals surface area contributed by atoms with Crippen LogP contribution in [-0.2, 0) is 11.3 Å². The molecule has 2 heterocycles. The summed E-state index contributed by atoms with van der Waals surface area (Å²) >= 11 is 0. The molecule has 1 aliphatic heterocycles. The minimum Gasteiger partial charge on any atom is -0.480 e. The van der Waals surface area contributed by atoms with Crippen molar-refractivity contribution >= 4 is 12.0 Å². The molecule has 2 amide bonds. The maximum atomic E-state index is 12.0. The van der Waals surface area contributed by atoms with Crippen molar-refractivity contribution in [3.63, 3.8) is 0 Å². The topological polar surface area (TPSA) is 87.5 Å². The van der Waals surface area contributed by atoms with E-state index in [0.717, 1.165) is 6.42 Å². The fourth-order valence-electron chi connectivity index (χ4n) is 2.32. The van der Waals surface area contributed by atoms with Gasteiger partial charge < -0.3 is 19.9 Å². The van der Waals surface area contributed by atoms with E-state index in [4.69, 9.17) is 0 Å². The molecule has 0 bridgehead atoms. The normalized spacial score (nSPS) is 22.5. The standard InChI is InChI=1S/C12H18N4O3/c1-12(10(17)18)3-2-6-16(12)11(19)14-5-8-15-7-4-13-9-15/h4,7,9H,2-3,5-6,8H2,1H3,(H,14,19)(H,17,18). The van der Waals surface area contributed by atoms with Gasteiger partial charge in [-0.15, -0.1) is 0 Å². The van der Waals surface area contributed by atoms with Gasteiger partial charge in [-0.2, -0.15) is 0 Å². The number of nitrogens with one attached hydrogen (secondary N) is 1. The van der Waals surface area contributed by atoms with E-state index in [1.54, 1.807) is 19.4 Å². The number of carboxylic acids is 1. The highest BCUT2D eigenvalue weighted by Gasteiger charge is 2.45. The number of carbonyl (C=O) groups is 2. The van der Waals surface area contributed by atoms with Crippen LogP contribution in [0, 0.1) is 0 Å². The average molecular weight is 266 g/mol. The molecule has 7 heteroatoms. The molecule has 0 aliphatic carbocycles. The molecular weight excluding hydrogens is 248 g/mol. The van der Waals surface area contributed by atoms with E-state index in [9.17, 15) is 14.7 Å². The number of carboxylic acid groups (broad SMARTS) is 1. The number of nitrogens with zero attached hydrogens (tertiary/aromatic N) is 3. The van der Waals surface area contributed by atoms with Crippen LogP contribution in [0.15, 0.2) is 18.7 Å². The van der Waals surface area contributed by atoms with Crippen LogP contribution in [-0.4, -0.2) is 50.2 Å². The predicted octanol–water partition coefficient (Wildman–Crippen LogP) is 0.532. The first-order valence-electron chi connectivity index (χ1n) is 6.28. The molecule has 1 unspecified atom stereocenters. The number of aliphatic carboxylic acids is 1. The van der Waals surface area contributed by atoms with E-state index >= 15 is 0 Å². The van der Waals surface area contributed by atoms with Crippen LogP contribution < -0.4 is 5.32 Å². The first kappa shape index (κ1) is 13.4. The molecule has 0 aromatic carbocycles. The fraction of sp³-hybridized carbons (Fsp3) is 0.583. The Morgan fingerprint density at radius 1 is 1.53 bits per heavy atom. The smallest absolute Gasteiger partial charge is 0.329 e. The number of amides is 2. The van der Waals surface area contributed by atoms with Gasteiger partial charge in [0.1, 0.15) is 5.54 Å². The van der Waals surface area contributed by atoms with Crippen LogP contribution in [0.3, 0.4) is 0 Å². The van der Waals surface area contributed by atoms with E-state index in [1.165, 1.54) is 4.90 Å². The molecule has 2 rings (SSSR count). The molecule has 1 atom stereocenters. The predicted molar refractivity (Wildman–Crippen MR) is 67.6 cm³/mol. The lowest BCUT2D eigenvalue weighted by molar-refractivity contribution is -0.147. The third-order valence-corrected chi connectivity index (χ3v) is 3.55. The first-order chi connectivity index (χ1) is 9.04. The first-order valence-corrected chi connectivity index (χ1v) is 6.28. The number of aromatic nitrogens is 2. The maximum Gasteiger partial charge on any atom is 0.329 e. The molecule has 1 aromatic rings. The van der Waals surface area contributed by atoms with Crippen molar-refractivity contribution in [1.29, 1.82) is 0 Å². The Hall–Kier alpha value is -2.05. The van der Waals surface area contributed by atoms with Crippen molar-refractivity contribution in [2.75, 3.05) is 13.1 Å². The van der Waals surface area contributed by atoms with Crippen LogP contribution in [0.5, 0.6) is 0 Å². The van der Waals surface area contributed by atoms with E-state index in [1.807, 2.05) is 10.8 Å². The number of urea groups is 1. The number of carbonyl (C=O) groups excluding carboxylic acids is 1. The summed E-state index contributed by atoms with van der Waals surface area (Å²) in [6, 6.07) is -0.317. The Bertz CT molecular complexity index is 460. The molecule has 7 nitrogen and oxygen atoms in total. The van der Waals surface area contributed by atoms with Crippen molar-refractivity contribution in [3.05, 3.63) is 18.7 Å². The molecule has 1 fully saturated rings. The van der Waals surface area contributed by atoms with Crippen molar-refractivity contribution in [1.82, 2.24) is 19.8 Å². The molecule has 1 aromatic heterocycles. The second-order valence-electron chi connectivity index (χ2n) is 4.87. The van der Waals surface area contributed by atoms with Crippen molar-refractivity contribution in [2.45, 2.75) is 31.8 Å². The third kappa shape index (κ3) is 2.69. The summed E-state index contributed by atoms with van der Waals surface area (Å²) in [5.41, 5.74) is -1.08. The van der Waals surface area contributed by atoms with Gasteiger partial charge in [-0.25, -0.2) is 14.6 Å².